The first-order chi connectivity index (χ1) is 11.6. The van der Waals surface area contributed by atoms with Crippen molar-refractivity contribution < 1.29 is 14.3 Å². The highest BCUT2D eigenvalue weighted by atomic mass is 35.5. The number of thiophene rings is 1. The average Bonchev–Trinajstić information content (AvgIpc) is 3.20. The first-order valence-electron chi connectivity index (χ1n) is 7.05. The second-order valence-corrected chi connectivity index (χ2v) is 6.16. The Bertz CT molecular complexity index is 865. The number of amides is 1. The zero-order valence-electron chi connectivity index (χ0n) is 12.9. The molecule has 0 atom stereocenters. The molecule has 3 aromatic rings. The number of methoxy groups -OCH3 is 1. The lowest BCUT2D eigenvalue weighted by Crippen LogP contribution is -2.11. The van der Waals surface area contributed by atoms with Gasteiger partial charge in [-0.15, -0.1) is 16.4 Å². The van der Waals surface area contributed by atoms with Gasteiger partial charge < -0.3 is 9.47 Å². The Morgan fingerprint density at radius 2 is 2.29 bits per heavy atom. The highest BCUT2D eigenvalue weighted by Crippen LogP contribution is 2.39. The number of fused-ring (bicyclic) bond motifs is 1. The van der Waals surface area contributed by atoms with Crippen LogP contribution in [-0.4, -0.2) is 40.2 Å². The van der Waals surface area contributed by atoms with Gasteiger partial charge in [-0.1, -0.05) is 16.7 Å². The molecule has 1 amide bonds. The summed E-state index contributed by atoms with van der Waals surface area (Å²) in [6.07, 6.45) is 0. The number of aromatic amines is 1. The topological polar surface area (TPSA) is 102 Å². The number of aromatic nitrogens is 4. The van der Waals surface area contributed by atoms with Crippen LogP contribution in [0.5, 0.6) is 5.75 Å². The van der Waals surface area contributed by atoms with Gasteiger partial charge in [-0.3, -0.25) is 10.1 Å². The largest absolute Gasteiger partial charge is 0.496 e. The van der Waals surface area contributed by atoms with Crippen molar-refractivity contribution in [2.75, 3.05) is 19.0 Å². The van der Waals surface area contributed by atoms with Crippen molar-refractivity contribution in [1.82, 2.24) is 20.6 Å². The zero-order chi connectivity index (χ0) is 17.1. The van der Waals surface area contributed by atoms with E-state index in [1.807, 2.05) is 19.1 Å². The lowest BCUT2D eigenvalue weighted by Gasteiger charge is -2.08. The van der Waals surface area contributed by atoms with Crippen LogP contribution in [0.4, 0.5) is 5.95 Å². The van der Waals surface area contributed by atoms with E-state index in [1.54, 1.807) is 7.11 Å². The zero-order valence-corrected chi connectivity index (χ0v) is 14.5. The summed E-state index contributed by atoms with van der Waals surface area (Å²) in [6.45, 7) is 2.95. The van der Waals surface area contributed by atoms with E-state index in [0.717, 1.165) is 15.6 Å². The van der Waals surface area contributed by atoms with Gasteiger partial charge in [-0.2, -0.15) is 5.21 Å². The van der Waals surface area contributed by atoms with Crippen LogP contribution in [-0.2, 0) is 11.3 Å². The summed E-state index contributed by atoms with van der Waals surface area (Å²) in [7, 11) is 1.58. The number of halogens is 1. The standard InChI is InChI=1S/C14H14ClN5O3S/c1-3-23-6-7-4-10-8(5-9(7)22-2)11(15)12(24-10)13(21)16-14-17-19-20-18-14/h4-5H,3,6H2,1-2H3,(H2,16,17,18,19,20,21). The maximum atomic E-state index is 12.4. The predicted octanol–water partition coefficient (Wildman–Crippen LogP) is 2.87. The van der Waals surface area contributed by atoms with Crippen molar-refractivity contribution in [2.24, 2.45) is 0 Å². The second kappa shape index (κ2) is 7.12. The number of carbonyl (C=O) groups is 1. The van der Waals surface area contributed by atoms with Crippen LogP contribution in [0.15, 0.2) is 12.1 Å². The van der Waals surface area contributed by atoms with E-state index in [0.29, 0.717) is 28.9 Å². The number of H-pyrrole nitrogens is 1. The molecule has 8 nitrogen and oxygen atoms in total. The fourth-order valence-corrected chi connectivity index (χ4v) is 3.62. The monoisotopic (exact) mass is 367 g/mol. The molecule has 0 bridgehead atoms. The van der Waals surface area contributed by atoms with Gasteiger partial charge in [0.05, 0.1) is 18.7 Å². The molecular formula is C14H14ClN5O3S. The number of hydrogen-bond acceptors (Lipinski definition) is 7. The van der Waals surface area contributed by atoms with Gasteiger partial charge in [-0.25, -0.2) is 0 Å². The number of hydrogen-bond donors (Lipinski definition) is 2. The summed E-state index contributed by atoms with van der Waals surface area (Å²) >= 11 is 7.66. The van der Waals surface area contributed by atoms with Gasteiger partial charge in [0.1, 0.15) is 10.6 Å². The molecule has 3 rings (SSSR count). The molecule has 0 saturated heterocycles. The fraction of sp³-hybridized carbons (Fsp3) is 0.286. The Kier molecular flexibility index (Phi) is 4.93. The minimum Gasteiger partial charge on any atom is -0.496 e. The Morgan fingerprint density at radius 3 is 2.96 bits per heavy atom. The van der Waals surface area contributed by atoms with E-state index >= 15 is 0 Å². The Labute approximate surface area is 146 Å². The van der Waals surface area contributed by atoms with Crippen molar-refractivity contribution in [1.29, 1.82) is 0 Å². The third-order valence-corrected chi connectivity index (χ3v) is 4.93. The second-order valence-electron chi connectivity index (χ2n) is 4.73. The molecule has 24 heavy (non-hydrogen) atoms. The average molecular weight is 368 g/mol. The molecule has 0 radical (unpaired) electrons. The Balaban J connectivity index is 1.98. The molecule has 126 valence electrons. The summed E-state index contributed by atoms with van der Waals surface area (Å²) in [4.78, 5) is 12.7. The molecule has 0 aliphatic carbocycles. The lowest BCUT2D eigenvalue weighted by atomic mass is 10.1. The third kappa shape index (κ3) is 3.18. The van der Waals surface area contributed by atoms with Crippen LogP contribution < -0.4 is 10.1 Å². The van der Waals surface area contributed by atoms with Crippen molar-refractivity contribution in [3.8, 4) is 5.75 Å². The van der Waals surface area contributed by atoms with E-state index in [-0.39, 0.29) is 5.95 Å². The number of nitrogens with zero attached hydrogens (tertiary/aromatic N) is 3. The van der Waals surface area contributed by atoms with E-state index in [4.69, 9.17) is 21.1 Å². The summed E-state index contributed by atoms with van der Waals surface area (Å²) in [5.41, 5.74) is 0.898. The molecule has 2 N–H and O–H groups in total. The van der Waals surface area contributed by atoms with Crippen molar-refractivity contribution in [2.45, 2.75) is 13.5 Å². The van der Waals surface area contributed by atoms with Crippen LogP contribution in [0.3, 0.4) is 0 Å². The lowest BCUT2D eigenvalue weighted by molar-refractivity contribution is 0.103. The minimum atomic E-state index is -0.395. The number of ether oxygens (including phenoxy) is 2. The highest BCUT2D eigenvalue weighted by molar-refractivity contribution is 7.21. The quantitative estimate of drug-likeness (QED) is 0.694. The first-order valence-corrected chi connectivity index (χ1v) is 8.25. The smallest absolute Gasteiger partial charge is 0.270 e. The molecule has 1 aromatic carbocycles. The molecule has 0 aliphatic heterocycles. The summed E-state index contributed by atoms with van der Waals surface area (Å²) in [5, 5.41) is 16.7. The summed E-state index contributed by atoms with van der Waals surface area (Å²) < 4.78 is 11.7. The first kappa shape index (κ1) is 16.6. The van der Waals surface area contributed by atoms with Gasteiger partial charge in [-0.05, 0) is 24.3 Å². The van der Waals surface area contributed by atoms with Gasteiger partial charge in [0.25, 0.3) is 11.9 Å². The number of tetrazole rings is 1. The molecule has 10 heteroatoms. The van der Waals surface area contributed by atoms with Crippen molar-refractivity contribution in [3.63, 3.8) is 0 Å². The van der Waals surface area contributed by atoms with E-state index in [9.17, 15) is 4.79 Å². The fourth-order valence-electron chi connectivity index (χ4n) is 2.17. The van der Waals surface area contributed by atoms with Gasteiger partial charge in [0, 0.05) is 22.3 Å². The SMILES string of the molecule is CCOCc1cc2sc(C(=O)Nc3nn[nH]n3)c(Cl)c2cc1OC. The molecule has 0 unspecified atom stereocenters. The third-order valence-electron chi connectivity index (χ3n) is 3.27. The van der Waals surface area contributed by atoms with Crippen LogP contribution in [0.25, 0.3) is 10.1 Å². The molecule has 0 saturated carbocycles. The molecule has 0 fully saturated rings. The van der Waals surface area contributed by atoms with E-state index in [1.165, 1.54) is 11.3 Å². The van der Waals surface area contributed by atoms with Crippen molar-refractivity contribution >= 4 is 44.9 Å². The molecular weight excluding hydrogens is 354 g/mol. The summed E-state index contributed by atoms with van der Waals surface area (Å²) in [6, 6.07) is 3.74. The van der Waals surface area contributed by atoms with Crippen LogP contribution in [0.2, 0.25) is 5.02 Å². The number of anilines is 1. The van der Waals surface area contributed by atoms with Crippen LogP contribution in [0.1, 0.15) is 22.2 Å². The number of nitrogens with one attached hydrogen (secondary N) is 2. The predicted molar refractivity (Wildman–Crippen MR) is 90.8 cm³/mol. The molecule has 2 heterocycles. The van der Waals surface area contributed by atoms with Crippen LogP contribution >= 0.6 is 22.9 Å². The minimum absolute atomic E-state index is 0.0862. The maximum absolute atomic E-state index is 12.4. The van der Waals surface area contributed by atoms with E-state index < -0.39 is 5.91 Å². The molecule has 2 aromatic heterocycles. The Hall–Kier alpha value is -2.23. The Morgan fingerprint density at radius 1 is 1.46 bits per heavy atom. The normalized spacial score (nSPS) is 11.0. The van der Waals surface area contributed by atoms with Gasteiger partial charge in [0.15, 0.2) is 0 Å². The number of benzene rings is 1. The highest BCUT2D eigenvalue weighted by Gasteiger charge is 2.20. The number of carbonyl (C=O) groups excluding carboxylic acids is 1. The summed E-state index contributed by atoms with van der Waals surface area (Å²) in [5.74, 6) is 0.358. The maximum Gasteiger partial charge on any atom is 0.270 e. The molecule has 0 aliphatic rings. The van der Waals surface area contributed by atoms with Crippen molar-refractivity contribution in [3.05, 3.63) is 27.6 Å². The van der Waals surface area contributed by atoms with E-state index in [2.05, 4.69) is 25.9 Å². The van der Waals surface area contributed by atoms with Gasteiger partial charge >= 0.3 is 0 Å². The van der Waals surface area contributed by atoms with Gasteiger partial charge in [0.2, 0.25) is 0 Å². The van der Waals surface area contributed by atoms with Crippen LogP contribution in [0, 0.1) is 0 Å². The molecule has 0 spiro atoms. The number of rotatable bonds is 6.